The van der Waals surface area contributed by atoms with E-state index in [1.54, 1.807) is 11.9 Å². The molecule has 28 heavy (non-hydrogen) atoms. The molecule has 0 aliphatic carbocycles. The fourth-order valence-electron chi connectivity index (χ4n) is 3.28. The van der Waals surface area contributed by atoms with Crippen LogP contribution in [0.2, 0.25) is 0 Å². The van der Waals surface area contributed by atoms with Gasteiger partial charge in [0, 0.05) is 20.1 Å². The van der Waals surface area contributed by atoms with Crippen molar-refractivity contribution in [2.45, 2.75) is 32.2 Å². The summed E-state index contributed by atoms with van der Waals surface area (Å²) in [7, 11) is -2.08. The number of rotatable bonds is 8. The lowest BCUT2D eigenvalue weighted by Crippen LogP contribution is -2.54. The molecule has 0 spiro atoms. The molecule has 9 nitrogen and oxygen atoms in total. The lowest BCUT2D eigenvalue weighted by atomic mass is 10.1. The van der Waals surface area contributed by atoms with E-state index in [0.29, 0.717) is 19.6 Å². The molecule has 2 aliphatic heterocycles. The SMILES string of the molecule is CN1CN(NCCCOc2cccc(CN3CCCCC3)c2)S(=O)(=O)N=C1N. The maximum atomic E-state index is 12.0. The molecule has 1 aromatic carbocycles. The van der Waals surface area contributed by atoms with Gasteiger partial charge in [-0.1, -0.05) is 23.0 Å². The van der Waals surface area contributed by atoms with E-state index >= 15 is 0 Å². The molecule has 0 radical (unpaired) electrons. The van der Waals surface area contributed by atoms with Crippen LogP contribution in [0.3, 0.4) is 0 Å². The average Bonchev–Trinajstić information content (AvgIpc) is 2.66. The molecule has 0 bridgehead atoms. The lowest BCUT2D eigenvalue weighted by Gasteiger charge is -2.30. The van der Waals surface area contributed by atoms with E-state index in [4.69, 9.17) is 10.5 Å². The molecule has 3 N–H and O–H groups in total. The van der Waals surface area contributed by atoms with E-state index in [0.717, 1.165) is 16.7 Å². The third-order valence-electron chi connectivity index (χ3n) is 4.85. The topological polar surface area (TPSA) is 104 Å². The summed E-state index contributed by atoms with van der Waals surface area (Å²) in [5.74, 6) is 0.836. The minimum Gasteiger partial charge on any atom is -0.494 e. The van der Waals surface area contributed by atoms with Crippen molar-refractivity contribution in [1.82, 2.24) is 19.6 Å². The quantitative estimate of drug-likeness (QED) is 0.608. The van der Waals surface area contributed by atoms with Gasteiger partial charge in [0.05, 0.1) is 6.61 Å². The van der Waals surface area contributed by atoms with Crippen LogP contribution in [-0.4, -0.2) is 68.5 Å². The molecule has 3 rings (SSSR count). The van der Waals surface area contributed by atoms with Gasteiger partial charge in [-0.25, -0.2) is 5.43 Å². The van der Waals surface area contributed by atoms with Gasteiger partial charge in [0.2, 0.25) is 5.96 Å². The molecule has 2 aliphatic rings. The second-order valence-corrected chi connectivity index (χ2v) is 8.73. The molecule has 1 aromatic rings. The van der Waals surface area contributed by atoms with Crippen LogP contribution in [0.1, 0.15) is 31.2 Å². The predicted molar refractivity (Wildman–Crippen MR) is 109 cm³/mol. The number of hydrazine groups is 1. The van der Waals surface area contributed by atoms with Crippen LogP contribution in [0.25, 0.3) is 0 Å². The van der Waals surface area contributed by atoms with Crippen molar-refractivity contribution in [2.75, 3.05) is 40.0 Å². The normalized spacial score (nSPS) is 20.8. The van der Waals surface area contributed by atoms with Crippen LogP contribution in [0.15, 0.2) is 28.7 Å². The molecule has 1 fully saturated rings. The number of nitrogens with one attached hydrogen (secondary N) is 1. The molecule has 0 amide bonds. The molecular weight excluding hydrogens is 380 g/mol. The first kappa shape index (κ1) is 20.8. The number of ether oxygens (including phenoxy) is 1. The predicted octanol–water partition coefficient (Wildman–Crippen LogP) is 0.710. The Morgan fingerprint density at radius 3 is 2.82 bits per heavy atom. The second kappa shape index (κ2) is 9.55. The summed E-state index contributed by atoms with van der Waals surface area (Å²) in [6.45, 7) is 4.37. The maximum absolute atomic E-state index is 12.0. The Morgan fingerprint density at radius 1 is 1.25 bits per heavy atom. The fraction of sp³-hybridized carbons (Fsp3) is 0.611. The fourth-order valence-corrected chi connectivity index (χ4v) is 4.33. The highest BCUT2D eigenvalue weighted by Gasteiger charge is 2.28. The smallest absolute Gasteiger partial charge is 0.340 e. The first-order valence-corrected chi connectivity index (χ1v) is 11.1. The molecule has 0 atom stereocenters. The summed E-state index contributed by atoms with van der Waals surface area (Å²) in [6.07, 6.45) is 4.56. The van der Waals surface area contributed by atoms with Crippen LogP contribution >= 0.6 is 0 Å². The van der Waals surface area contributed by atoms with E-state index in [1.807, 2.05) is 12.1 Å². The Balaban J connectivity index is 1.40. The Kier molecular flexibility index (Phi) is 7.11. The Morgan fingerprint density at radius 2 is 2.04 bits per heavy atom. The van der Waals surface area contributed by atoms with Crippen LogP contribution in [0.4, 0.5) is 0 Å². The van der Waals surface area contributed by atoms with Gasteiger partial charge in [-0.15, -0.1) is 4.40 Å². The van der Waals surface area contributed by atoms with E-state index in [9.17, 15) is 8.42 Å². The third-order valence-corrected chi connectivity index (χ3v) is 6.07. The van der Waals surface area contributed by atoms with Gasteiger partial charge in [-0.3, -0.25) is 4.90 Å². The molecule has 0 aromatic heterocycles. The zero-order valence-electron chi connectivity index (χ0n) is 16.4. The molecule has 156 valence electrons. The standard InChI is InChI=1S/C18H30N6O3S/c1-22-15-24(28(25,26)21-18(22)19)20-9-6-12-27-17-8-5-7-16(13-17)14-23-10-3-2-4-11-23/h5,7-8,13,20H,2-4,6,9-12,14-15H2,1H3,(H2,19,21). The van der Waals surface area contributed by atoms with Gasteiger partial charge in [0.25, 0.3) is 0 Å². The van der Waals surface area contributed by atoms with E-state index in [1.165, 1.54) is 37.9 Å². The summed E-state index contributed by atoms with van der Waals surface area (Å²) >= 11 is 0. The van der Waals surface area contributed by atoms with Gasteiger partial charge in [-0.2, -0.15) is 8.42 Å². The summed E-state index contributed by atoms with van der Waals surface area (Å²) in [6, 6.07) is 8.19. The number of hydrogen-bond acceptors (Lipinski definition) is 7. The number of hydrogen-bond donors (Lipinski definition) is 2. The van der Waals surface area contributed by atoms with Crippen molar-refractivity contribution in [3.05, 3.63) is 29.8 Å². The van der Waals surface area contributed by atoms with Gasteiger partial charge in [0.1, 0.15) is 12.4 Å². The Labute approximate surface area is 167 Å². The van der Waals surface area contributed by atoms with E-state index < -0.39 is 10.2 Å². The highest BCUT2D eigenvalue weighted by molar-refractivity contribution is 7.87. The number of likely N-dealkylation sites (tertiary alicyclic amines) is 1. The summed E-state index contributed by atoms with van der Waals surface area (Å²) in [5, 5.41) is 0. The van der Waals surface area contributed by atoms with Gasteiger partial charge >= 0.3 is 10.2 Å². The monoisotopic (exact) mass is 410 g/mol. The second-order valence-electron chi connectivity index (χ2n) is 7.21. The number of piperidine rings is 1. The van der Waals surface area contributed by atoms with Crippen LogP contribution < -0.4 is 15.9 Å². The van der Waals surface area contributed by atoms with Crippen molar-refractivity contribution < 1.29 is 13.2 Å². The number of nitrogens with zero attached hydrogens (tertiary/aromatic N) is 4. The third kappa shape index (κ3) is 5.81. The lowest BCUT2D eigenvalue weighted by molar-refractivity contribution is 0.219. The first-order valence-electron chi connectivity index (χ1n) is 9.71. The van der Waals surface area contributed by atoms with Crippen molar-refractivity contribution in [2.24, 2.45) is 10.1 Å². The van der Waals surface area contributed by atoms with E-state index in [-0.39, 0.29) is 12.6 Å². The average molecular weight is 411 g/mol. The number of benzene rings is 1. The molecule has 0 saturated carbocycles. The highest BCUT2D eigenvalue weighted by Crippen LogP contribution is 2.17. The van der Waals surface area contributed by atoms with Crippen LogP contribution in [-0.2, 0) is 16.8 Å². The zero-order chi connectivity index (χ0) is 20.0. The molecule has 0 unspecified atom stereocenters. The zero-order valence-corrected chi connectivity index (χ0v) is 17.2. The van der Waals surface area contributed by atoms with Crippen molar-refractivity contribution in [3.63, 3.8) is 0 Å². The molecule has 2 heterocycles. The van der Waals surface area contributed by atoms with Crippen LogP contribution in [0.5, 0.6) is 5.75 Å². The minimum absolute atomic E-state index is 0.00850. The Hall–Kier alpha value is -1.88. The highest BCUT2D eigenvalue weighted by atomic mass is 32.2. The van der Waals surface area contributed by atoms with Gasteiger partial charge in [0.15, 0.2) is 0 Å². The maximum Gasteiger partial charge on any atom is 0.340 e. The van der Waals surface area contributed by atoms with Gasteiger partial charge in [-0.05, 0) is 50.0 Å². The van der Waals surface area contributed by atoms with Crippen molar-refractivity contribution >= 4 is 16.2 Å². The minimum atomic E-state index is -3.77. The van der Waals surface area contributed by atoms with E-state index in [2.05, 4.69) is 26.9 Å². The van der Waals surface area contributed by atoms with Crippen molar-refractivity contribution in [3.8, 4) is 5.75 Å². The Bertz CT molecular complexity index is 779. The summed E-state index contributed by atoms with van der Waals surface area (Å²) in [4.78, 5) is 4.04. The number of guanidine groups is 1. The van der Waals surface area contributed by atoms with Crippen molar-refractivity contribution in [1.29, 1.82) is 0 Å². The first-order chi connectivity index (χ1) is 13.4. The molecular formula is C18H30N6O3S. The van der Waals surface area contributed by atoms with Crippen LogP contribution in [0, 0.1) is 0 Å². The van der Waals surface area contributed by atoms with Gasteiger partial charge < -0.3 is 15.4 Å². The largest absolute Gasteiger partial charge is 0.494 e. The molecule has 1 saturated heterocycles. The summed E-state index contributed by atoms with van der Waals surface area (Å²) < 4.78 is 34.3. The number of nitrogens with two attached hydrogens (primary N) is 1. The molecule has 10 heteroatoms. The summed E-state index contributed by atoms with van der Waals surface area (Å²) in [5.41, 5.74) is 9.68.